The van der Waals surface area contributed by atoms with E-state index in [0.717, 1.165) is 17.1 Å². The highest BCUT2D eigenvalue weighted by atomic mass is 32.2. The SMILES string of the molecule is c1ccn2cc(CSc3ccc4c(c3)CCC4)nc2c1. The minimum Gasteiger partial charge on any atom is -0.307 e. The van der Waals surface area contributed by atoms with Crippen LogP contribution in [0.25, 0.3) is 5.65 Å². The lowest BCUT2D eigenvalue weighted by atomic mass is 10.1. The van der Waals surface area contributed by atoms with E-state index in [-0.39, 0.29) is 0 Å². The summed E-state index contributed by atoms with van der Waals surface area (Å²) in [6.07, 6.45) is 7.99. The summed E-state index contributed by atoms with van der Waals surface area (Å²) >= 11 is 1.88. The van der Waals surface area contributed by atoms with Crippen molar-refractivity contribution >= 4 is 17.4 Å². The number of rotatable bonds is 3. The van der Waals surface area contributed by atoms with Crippen LogP contribution in [0.3, 0.4) is 0 Å². The summed E-state index contributed by atoms with van der Waals surface area (Å²) in [5.74, 6) is 0.931. The van der Waals surface area contributed by atoms with Crippen LogP contribution in [0.5, 0.6) is 0 Å². The van der Waals surface area contributed by atoms with Gasteiger partial charge in [0.1, 0.15) is 5.65 Å². The van der Waals surface area contributed by atoms with Gasteiger partial charge in [0.25, 0.3) is 0 Å². The van der Waals surface area contributed by atoms with E-state index < -0.39 is 0 Å². The molecule has 1 aromatic carbocycles. The van der Waals surface area contributed by atoms with Crippen molar-refractivity contribution in [3.8, 4) is 0 Å². The Bertz CT molecular complexity index is 728. The molecule has 2 heterocycles. The summed E-state index contributed by atoms with van der Waals surface area (Å²) < 4.78 is 2.08. The fourth-order valence-electron chi connectivity index (χ4n) is 2.85. The predicted octanol–water partition coefficient (Wildman–Crippen LogP) is 4.12. The molecule has 2 aromatic heterocycles. The lowest BCUT2D eigenvalue weighted by molar-refractivity contribution is 0.911. The van der Waals surface area contributed by atoms with Crippen LogP contribution in [0.15, 0.2) is 53.7 Å². The molecule has 0 amide bonds. The van der Waals surface area contributed by atoms with E-state index in [1.807, 2.05) is 36.2 Å². The first kappa shape index (κ1) is 12.0. The molecule has 0 N–H and O–H groups in total. The van der Waals surface area contributed by atoms with Gasteiger partial charge in [0.15, 0.2) is 0 Å². The second-order valence-corrected chi connectivity index (χ2v) is 6.32. The Morgan fingerprint density at radius 1 is 1.10 bits per heavy atom. The second-order valence-electron chi connectivity index (χ2n) is 5.27. The van der Waals surface area contributed by atoms with Crippen LogP contribution in [-0.2, 0) is 18.6 Å². The number of aryl methyl sites for hydroxylation is 2. The molecule has 1 aliphatic carbocycles. The quantitative estimate of drug-likeness (QED) is 0.672. The smallest absolute Gasteiger partial charge is 0.137 e. The molecular formula is C17H16N2S. The summed E-state index contributed by atoms with van der Waals surface area (Å²) in [4.78, 5) is 6.01. The van der Waals surface area contributed by atoms with Crippen molar-refractivity contribution in [2.75, 3.05) is 0 Å². The van der Waals surface area contributed by atoms with E-state index in [4.69, 9.17) is 0 Å². The van der Waals surface area contributed by atoms with Crippen LogP contribution in [0.4, 0.5) is 0 Å². The van der Waals surface area contributed by atoms with Gasteiger partial charge in [0.2, 0.25) is 0 Å². The van der Waals surface area contributed by atoms with Gasteiger partial charge in [-0.25, -0.2) is 4.98 Å². The Hall–Kier alpha value is -1.74. The zero-order valence-corrected chi connectivity index (χ0v) is 12.1. The molecule has 3 aromatic rings. The molecule has 4 rings (SSSR count). The topological polar surface area (TPSA) is 17.3 Å². The molecule has 0 bridgehead atoms. The van der Waals surface area contributed by atoms with Crippen molar-refractivity contribution in [1.29, 1.82) is 0 Å². The third-order valence-electron chi connectivity index (χ3n) is 3.87. The highest BCUT2D eigenvalue weighted by molar-refractivity contribution is 7.98. The molecule has 0 radical (unpaired) electrons. The molecule has 0 atom stereocenters. The maximum Gasteiger partial charge on any atom is 0.137 e. The van der Waals surface area contributed by atoms with E-state index in [2.05, 4.69) is 33.8 Å². The molecule has 100 valence electrons. The van der Waals surface area contributed by atoms with Gasteiger partial charge in [-0.1, -0.05) is 12.1 Å². The zero-order valence-electron chi connectivity index (χ0n) is 11.2. The number of aromatic nitrogens is 2. The largest absolute Gasteiger partial charge is 0.307 e. The molecule has 1 aliphatic rings. The number of hydrogen-bond donors (Lipinski definition) is 0. The van der Waals surface area contributed by atoms with Gasteiger partial charge in [0.05, 0.1) is 5.69 Å². The minimum atomic E-state index is 0.931. The van der Waals surface area contributed by atoms with Crippen LogP contribution in [0.1, 0.15) is 23.2 Å². The van der Waals surface area contributed by atoms with Crippen molar-refractivity contribution < 1.29 is 0 Å². The first-order chi connectivity index (χ1) is 9.88. The third-order valence-corrected chi connectivity index (χ3v) is 4.90. The van der Waals surface area contributed by atoms with Crippen LogP contribution in [0.2, 0.25) is 0 Å². The molecular weight excluding hydrogens is 264 g/mol. The Morgan fingerprint density at radius 2 is 2.05 bits per heavy atom. The summed E-state index contributed by atoms with van der Waals surface area (Å²) in [6, 6.07) is 13.0. The van der Waals surface area contributed by atoms with Crippen molar-refractivity contribution in [3.63, 3.8) is 0 Å². The first-order valence-electron chi connectivity index (χ1n) is 7.06. The Labute approximate surface area is 122 Å². The maximum absolute atomic E-state index is 4.64. The summed E-state index contributed by atoms with van der Waals surface area (Å²) in [7, 11) is 0. The maximum atomic E-state index is 4.64. The van der Waals surface area contributed by atoms with Crippen LogP contribution in [0, 0.1) is 0 Å². The number of hydrogen-bond acceptors (Lipinski definition) is 2. The van der Waals surface area contributed by atoms with E-state index >= 15 is 0 Å². The van der Waals surface area contributed by atoms with Crippen molar-refractivity contribution in [2.24, 2.45) is 0 Å². The Kier molecular flexibility index (Phi) is 3.00. The van der Waals surface area contributed by atoms with E-state index in [9.17, 15) is 0 Å². The average molecular weight is 280 g/mol. The molecule has 3 heteroatoms. The summed E-state index contributed by atoms with van der Waals surface area (Å²) in [5, 5.41) is 0. The van der Waals surface area contributed by atoms with E-state index in [1.54, 1.807) is 11.1 Å². The van der Waals surface area contributed by atoms with Crippen LogP contribution in [-0.4, -0.2) is 9.38 Å². The van der Waals surface area contributed by atoms with E-state index in [0.29, 0.717) is 0 Å². The molecule has 0 aliphatic heterocycles. The van der Waals surface area contributed by atoms with Gasteiger partial charge in [-0.05, 0) is 54.7 Å². The van der Waals surface area contributed by atoms with Crippen LogP contribution < -0.4 is 0 Å². The van der Waals surface area contributed by atoms with Gasteiger partial charge < -0.3 is 4.40 Å². The second kappa shape index (κ2) is 4.98. The number of thioether (sulfide) groups is 1. The number of imidazole rings is 1. The number of pyridine rings is 1. The molecule has 2 nitrogen and oxygen atoms in total. The Balaban J connectivity index is 1.52. The fraction of sp³-hybridized carbons (Fsp3) is 0.235. The highest BCUT2D eigenvalue weighted by Gasteiger charge is 2.11. The van der Waals surface area contributed by atoms with Crippen molar-refractivity contribution in [2.45, 2.75) is 29.9 Å². The van der Waals surface area contributed by atoms with Crippen molar-refractivity contribution in [1.82, 2.24) is 9.38 Å². The Morgan fingerprint density at radius 3 is 3.00 bits per heavy atom. The molecule has 0 unspecified atom stereocenters. The number of nitrogens with zero attached hydrogens (tertiary/aromatic N) is 2. The number of benzene rings is 1. The molecule has 20 heavy (non-hydrogen) atoms. The predicted molar refractivity (Wildman–Crippen MR) is 83.2 cm³/mol. The lowest BCUT2D eigenvalue weighted by Gasteiger charge is -2.03. The van der Waals surface area contributed by atoms with Gasteiger partial charge in [-0.15, -0.1) is 11.8 Å². The standard InChI is InChI=1S/C17H16N2S/c1-2-9-19-11-15(18-17(19)6-1)12-20-16-8-7-13-4-3-5-14(13)10-16/h1-2,6-11H,3-5,12H2. The highest BCUT2D eigenvalue weighted by Crippen LogP contribution is 2.29. The van der Waals surface area contributed by atoms with Gasteiger partial charge in [-0.3, -0.25) is 0 Å². The normalized spacial score (nSPS) is 13.8. The summed E-state index contributed by atoms with van der Waals surface area (Å²) in [6.45, 7) is 0. The molecule has 0 saturated carbocycles. The minimum absolute atomic E-state index is 0.931. The fourth-order valence-corrected chi connectivity index (χ4v) is 3.70. The lowest BCUT2D eigenvalue weighted by Crippen LogP contribution is -1.84. The molecule has 0 spiro atoms. The van der Waals surface area contributed by atoms with E-state index in [1.165, 1.54) is 24.2 Å². The summed E-state index contributed by atoms with van der Waals surface area (Å²) in [5.41, 5.74) is 5.26. The molecule has 0 fully saturated rings. The van der Waals surface area contributed by atoms with Crippen LogP contribution >= 0.6 is 11.8 Å². The first-order valence-corrected chi connectivity index (χ1v) is 8.04. The third kappa shape index (κ3) is 2.22. The average Bonchev–Trinajstić information content (AvgIpc) is 3.10. The van der Waals surface area contributed by atoms with Gasteiger partial charge >= 0.3 is 0 Å². The zero-order chi connectivity index (χ0) is 13.4. The monoisotopic (exact) mass is 280 g/mol. The van der Waals surface area contributed by atoms with Crippen molar-refractivity contribution in [3.05, 3.63) is 65.6 Å². The van der Waals surface area contributed by atoms with Gasteiger partial charge in [-0.2, -0.15) is 0 Å². The number of fused-ring (bicyclic) bond motifs is 2. The molecule has 0 saturated heterocycles. The van der Waals surface area contributed by atoms with Gasteiger partial charge in [0, 0.05) is 23.0 Å².